The number of halogens is 1. The molecule has 0 aliphatic heterocycles. The molecule has 3 aromatic rings. The van der Waals surface area contributed by atoms with Crippen molar-refractivity contribution < 1.29 is 23.5 Å². The molecular weight excluding hydrogens is 351 g/mol. The zero-order chi connectivity index (χ0) is 19.2. The molecule has 27 heavy (non-hydrogen) atoms. The summed E-state index contributed by atoms with van der Waals surface area (Å²) in [4.78, 5) is 22.7. The van der Waals surface area contributed by atoms with Gasteiger partial charge in [-0.05, 0) is 42.0 Å². The summed E-state index contributed by atoms with van der Waals surface area (Å²) < 4.78 is 18.4. The second kappa shape index (κ2) is 8.09. The predicted molar refractivity (Wildman–Crippen MR) is 96.9 cm³/mol. The Morgan fingerprint density at radius 2 is 1.74 bits per heavy atom. The minimum Gasteiger partial charge on any atom is -0.478 e. The van der Waals surface area contributed by atoms with E-state index in [-0.39, 0.29) is 23.7 Å². The van der Waals surface area contributed by atoms with Crippen molar-refractivity contribution in [3.63, 3.8) is 0 Å². The largest absolute Gasteiger partial charge is 0.478 e. The first-order valence-corrected chi connectivity index (χ1v) is 8.01. The van der Waals surface area contributed by atoms with E-state index in [4.69, 9.17) is 9.52 Å². The number of carbonyl (C=O) groups excluding carboxylic acids is 1. The fourth-order valence-corrected chi connectivity index (χ4v) is 2.35. The summed E-state index contributed by atoms with van der Waals surface area (Å²) in [5.41, 5.74) is 3.96. The first-order chi connectivity index (χ1) is 13.0. The van der Waals surface area contributed by atoms with Gasteiger partial charge in [-0.3, -0.25) is 4.79 Å². The molecule has 0 saturated carbocycles. The third kappa shape index (κ3) is 4.88. The molecular formula is C20H15FN2O4. The number of hydrogen-bond acceptors (Lipinski definition) is 4. The van der Waals surface area contributed by atoms with Gasteiger partial charge in [0.1, 0.15) is 17.3 Å². The number of hydrogen-bond donors (Lipinski definition) is 2. The number of benzene rings is 2. The first-order valence-electron chi connectivity index (χ1n) is 8.01. The summed E-state index contributed by atoms with van der Waals surface area (Å²) in [5.74, 6) is -0.720. The Labute approximate surface area is 153 Å². The molecule has 7 heteroatoms. The molecule has 136 valence electrons. The van der Waals surface area contributed by atoms with Gasteiger partial charge in [0.05, 0.1) is 18.2 Å². The molecule has 1 amide bonds. The quantitative estimate of drug-likeness (QED) is 0.516. The van der Waals surface area contributed by atoms with Gasteiger partial charge in [-0.1, -0.05) is 24.3 Å². The normalized spacial score (nSPS) is 10.9. The van der Waals surface area contributed by atoms with Crippen LogP contribution in [0.15, 0.2) is 70.2 Å². The maximum atomic E-state index is 12.8. The van der Waals surface area contributed by atoms with Crippen LogP contribution in [0, 0.1) is 5.82 Å². The minimum absolute atomic E-state index is 0.0803. The van der Waals surface area contributed by atoms with Crippen LogP contribution in [0.1, 0.15) is 21.7 Å². The summed E-state index contributed by atoms with van der Waals surface area (Å²) >= 11 is 0. The monoisotopic (exact) mass is 366 g/mol. The van der Waals surface area contributed by atoms with Gasteiger partial charge in [0.15, 0.2) is 0 Å². The van der Waals surface area contributed by atoms with E-state index < -0.39 is 5.97 Å². The summed E-state index contributed by atoms with van der Waals surface area (Å²) in [6.45, 7) is 0. The number of carbonyl (C=O) groups is 2. The average Bonchev–Trinajstić information content (AvgIpc) is 3.12. The summed E-state index contributed by atoms with van der Waals surface area (Å²) in [5, 5.41) is 12.7. The van der Waals surface area contributed by atoms with E-state index in [1.807, 2.05) is 0 Å². The number of nitrogens with zero attached hydrogens (tertiary/aromatic N) is 1. The Kier molecular flexibility index (Phi) is 5.41. The lowest BCUT2D eigenvalue weighted by atomic mass is 10.1. The number of carboxylic acids is 1. The standard InChI is InChI=1S/C20H15FN2O4/c21-16-7-1-13(2-8-16)11-19(24)23-22-12-17-9-10-18(27-17)14-3-5-15(6-4-14)20(25)26/h1-10,12H,11H2,(H,23,24)(H,25,26)/b22-12-. The van der Waals surface area contributed by atoms with Gasteiger partial charge >= 0.3 is 5.97 Å². The predicted octanol–water partition coefficient (Wildman–Crippen LogP) is 3.48. The van der Waals surface area contributed by atoms with E-state index in [0.717, 1.165) is 5.56 Å². The molecule has 2 N–H and O–H groups in total. The molecule has 0 radical (unpaired) electrons. The van der Waals surface area contributed by atoms with E-state index in [1.54, 1.807) is 24.3 Å². The summed E-state index contributed by atoms with van der Waals surface area (Å²) in [6.07, 6.45) is 1.44. The molecule has 1 aromatic heterocycles. The van der Waals surface area contributed by atoms with Crippen molar-refractivity contribution in [1.29, 1.82) is 0 Å². The van der Waals surface area contributed by atoms with E-state index in [9.17, 15) is 14.0 Å². The van der Waals surface area contributed by atoms with Crippen LogP contribution in [0.3, 0.4) is 0 Å². The Balaban J connectivity index is 1.57. The number of carboxylic acid groups (broad SMARTS) is 1. The first kappa shape index (κ1) is 18.1. The van der Waals surface area contributed by atoms with Gasteiger partial charge in [0.2, 0.25) is 5.91 Å². The van der Waals surface area contributed by atoms with Crippen LogP contribution < -0.4 is 5.43 Å². The number of rotatable bonds is 6. The van der Waals surface area contributed by atoms with Crippen LogP contribution in [-0.4, -0.2) is 23.2 Å². The SMILES string of the molecule is O=C(Cc1ccc(F)cc1)N/N=C\c1ccc(-c2ccc(C(=O)O)cc2)o1. The maximum Gasteiger partial charge on any atom is 0.335 e. The van der Waals surface area contributed by atoms with Crippen LogP contribution in [-0.2, 0) is 11.2 Å². The third-order valence-corrected chi connectivity index (χ3v) is 3.70. The maximum absolute atomic E-state index is 12.8. The molecule has 2 aromatic carbocycles. The van der Waals surface area contributed by atoms with Crippen molar-refractivity contribution in [2.45, 2.75) is 6.42 Å². The molecule has 0 atom stereocenters. The van der Waals surface area contributed by atoms with Crippen molar-refractivity contribution in [1.82, 2.24) is 5.43 Å². The molecule has 1 heterocycles. The number of nitrogens with one attached hydrogen (secondary N) is 1. The molecule has 0 fully saturated rings. The van der Waals surface area contributed by atoms with Gasteiger partial charge in [-0.25, -0.2) is 14.6 Å². The van der Waals surface area contributed by atoms with Gasteiger partial charge in [0, 0.05) is 5.56 Å². The fourth-order valence-electron chi connectivity index (χ4n) is 2.35. The number of hydrazone groups is 1. The molecule has 0 spiro atoms. The van der Waals surface area contributed by atoms with Crippen molar-refractivity contribution in [2.24, 2.45) is 5.10 Å². The Hall–Kier alpha value is -3.74. The lowest BCUT2D eigenvalue weighted by Gasteiger charge is -2.00. The Morgan fingerprint density at radius 1 is 1.04 bits per heavy atom. The lowest BCUT2D eigenvalue weighted by Crippen LogP contribution is -2.19. The lowest BCUT2D eigenvalue weighted by molar-refractivity contribution is -0.120. The van der Waals surface area contributed by atoms with Crippen LogP contribution in [0.2, 0.25) is 0 Å². The highest BCUT2D eigenvalue weighted by molar-refractivity contribution is 5.88. The topological polar surface area (TPSA) is 91.9 Å². The summed E-state index contributed by atoms with van der Waals surface area (Å²) in [7, 11) is 0. The van der Waals surface area contributed by atoms with Crippen molar-refractivity contribution in [3.05, 3.63) is 83.4 Å². The van der Waals surface area contributed by atoms with E-state index in [2.05, 4.69) is 10.5 Å². The van der Waals surface area contributed by atoms with E-state index in [0.29, 0.717) is 17.1 Å². The molecule has 3 rings (SSSR count). The number of furan rings is 1. The highest BCUT2D eigenvalue weighted by Crippen LogP contribution is 2.22. The zero-order valence-electron chi connectivity index (χ0n) is 14.1. The van der Waals surface area contributed by atoms with Gasteiger partial charge < -0.3 is 9.52 Å². The van der Waals surface area contributed by atoms with Crippen LogP contribution in [0.5, 0.6) is 0 Å². The van der Waals surface area contributed by atoms with Crippen LogP contribution in [0.25, 0.3) is 11.3 Å². The summed E-state index contributed by atoms with van der Waals surface area (Å²) in [6, 6.07) is 15.3. The molecule has 0 saturated heterocycles. The average molecular weight is 366 g/mol. The third-order valence-electron chi connectivity index (χ3n) is 3.70. The van der Waals surface area contributed by atoms with Gasteiger partial charge in [0.25, 0.3) is 0 Å². The van der Waals surface area contributed by atoms with Gasteiger partial charge in [-0.2, -0.15) is 5.10 Å². The molecule has 6 nitrogen and oxygen atoms in total. The second-order valence-electron chi connectivity index (χ2n) is 5.68. The van der Waals surface area contributed by atoms with E-state index in [1.165, 1.54) is 42.6 Å². The van der Waals surface area contributed by atoms with Crippen LogP contribution in [0.4, 0.5) is 4.39 Å². The van der Waals surface area contributed by atoms with Crippen molar-refractivity contribution in [3.8, 4) is 11.3 Å². The molecule has 0 unspecified atom stereocenters. The fraction of sp³-hybridized carbons (Fsp3) is 0.0500. The number of amides is 1. The highest BCUT2D eigenvalue weighted by Gasteiger charge is 2.07. The van der Waals surface area contributed by atoms with Gasteiger partial charge in [-0.15, -0.1) is 0 Å². The second-order valence-corrected chi connectivity index (χ2v) is 5.68. The van der Waals surface area contributed by atoms with Crippen LogP contribution >= 0.6 is 0 Å². The Morgan fingerprint density at radius 3 is 2.41 bits per heavy atom. The van der Waals surface area contributed by atoms with Crippen molar-refractivity contribution in [2.75, 3.05) is 0 Å². The van der Waals surface area contributed by atoms with Crippen molar-refractivity contribution >= 4 is 18.1 Å². The molecule has 0 aliphatic rings. The minimum atomic E-state index is -0.995. The highest BCUT2D eigenvalue weighted by atomic mass is 19.1. The number of aromatic carboxylic acids is 1. The zero-order valence-corrected chi connectivity index (χ0v) is 14.1. The molecule has 0 bridgehead atoms. The van der Waals surface area contributed by atoms with E-state index >= 15 is 0 Å². The molecule has 0 aliphatic carbocycles. The smallest absolute Gasteiger partial charge is 0.335 e. The Bertz CT molecular complexity index is 976.